The van der Waals surface area contributed by atoms with Crippen molar-refractivity contribution in [2.24, 2.45) is 0 Å². The number of nitrogens with one attached hydrogen (secondary N) is 1. The monoisotopic (exact) mass is 615 g/mol. The fraction of sp³-hybridized carbons (Fsp3) is 0.229. The molecule has 0 unspecified atom stereocenters. The molecule has 0 radical (unpaired) electrons. The van der Waals surface area contributed by atoms with Gasteiger partial charge in [-0.1, -0.05) is 48.5 Å². The summed E-state index contributed by atoms with van der Waals surface area (Å²) in [6.07, 6.45) is 0.263. The van der Waals surface area contributed by atoms with E-state index in [0.29, 0.717) is 52.3 Å². The molecule has 4 aromatic rings. The van der Waals surface area contributed by atoms with Crippen molar-refractivity contribution in [3.63, 3.8) is 0 Å². The minimum Gasteiger partial charge on any atom is -0.494 e. The highest BCUT2D eigenvalue weighted by Gasteiger charge is 2.16. The van der Waals surface area contributed by atoms with E-state index in [1.165, 1.54) is 19.2 Å². The van der Waals surface area contributed by atoms with Crippen LogP contribution in [0.25, 0.3) is 11.1 Å². The van der Waals surface area contributed by atoms with Gasteiger partial charge in [-0.05, 0) is 71.5 Å². The quantitative estimate of drug-likeness (QED) is 0.126. The highest BCUT2D eigenvalue weighted by molar-refractivity contribution is 5.96. The molecule has 0 aliphatic rings. The maximum atomic E-state index is 14.6. The van der Waals surface area contributed by atoms with Gasteiger partial charge in [0, 0.05) is 30.5 Å². The van der Waals surface area contributed by atoms with Crippen LogP contribution in [0.5, 0.6) is 17.2 Å². The van der Waals surface area contributed by atoms with E-state index in [1.54, 1.807) is 42.5 Å². The first-order valence-corrected chi connectivity index (χ1v) is 14.3. The van der Waals surface area contributed by atoms with Crippen LogP contribution in [0.4, 0.5) is 4.39 Å². The summed E-state index contributed by atoms with van der Waals surface area (Å²) in [6.45, 7) is 0.481. The van der Waals surface area contributed by atoms with Gasteiger partial charge in [-0.2, -0.15) is 0 Å². The Morgan fingerprint density at radius 1 is 0.800 bits per heavy atom. The summed E-state index contributed by atoms with van der Waals surface area (Å²) in [5, 5.41) is 21.1. The maximum absolute atomic E-state index is 14.6. The van der Waals surface area contributed by atoms with Crippen molar-refractivity contribution in [1.82, 2.24) is 5.32 Å². The zero-order valence-corrected chi connectivity index (χ0v) is 24.8. The van der Waals surface area contributed by atoms with Crippen molar-refractivity contribution in [1.29, 1.82) is 0 Å². The Bertz CT molecular complexity index is 1640. The molecule has 4 rings (SSSR count). The van der Waals surface area contributed by atoms with Gasteiger partial charge in [0.05, 0.1) is 13.7 Å². The predicted molar refractivity (Wildman–Crippen MR) is 165 cm³/mol. The molecule has 0 aliphatic carbocycles. The smallest absolute Gasteiger partial charge is 0.303 e. The number of carbonyl (C=O) groups excluding carboxylic acids is 1. The third kappa shape index (κ3) is 9.56. The fourth-order valence-electron chi connectivity index (χ4n) is 4.67. The second kappa shape index (κ2) is 15.9. The van der Waals surface area contributed by atoms with Gasteiger partial charge < -0.3 is 29.7 Å². The summed E-state index contributed by atoms with van der Waals surface area (Å²) < 4.78 is 31.6. The Morgan fingerprint density at radius 3 is 2.29 bits per heavy atom. The average Bonchev–Trinajstić information content (AvgIpc) is 3.04. The number of methoxy groups -OCH3 is 1. The number of amides is 1. The molecule has 10 heteroatoms. The highest BCUT2D eigenvalue weighted by atomic mass is 19.1. The molecular formula is C35H34FNO8. The van der Waals surface area contributed by atoms with Crippen LogP contribution in [0.1, 0.15) is 46.3 Å². The number of carboxylic acid groups (broad SMARTS) is 2. The van der Waals surface area contributed by atoms with Gasteiger partial charge in [0.2, 0.25) is 0 Å². The van der Waals surface area contributed by atoms with Crippen molar-refractivity contribution in [3.8, 4) is 28.4 Å². The van der Waals surface area contributed by atoms with E-state index in [0.717, 1.165) is 5.56 Å². The van der Waals surface area contributed by atoms with E-state index in [4.69, 9.17) is 19.3 Å². The number of rotatable bonds is 16. The fourth-order valence-corrected chi connectivity index (χ4v) is 4.67. The first-order chi connectivity index (χ1) is 21.7. The molecule has 9 nitrogen and oxygen atoms in total. The summed E-state index contributed by atoms with van der Waals surface area (Å²) in [5.41, 5.74) is 3.58. The summed E-state index contributed by atoms with van der Waals surface area (Å²) >= 11 is 0. The lowest BCUT2D eigenvalue weighted by Crippen LogP contribution is -2.22. The largest absolute Gasteiger partial charge is 0.494 e. The molecule has 0 aromatic heterocycles. The minimum atomic E-state index is -0.979. The van der Waals surface area contributed by atoms with E-state index < -0.39 is 17.8 Å². The zero-order chi connectivity index (χ0) is 32.2. The molecule has 0 spiro atoms. The first kappa shape index (κ1) is 32.5. The summed E-state index contributed by atoms with van der Waals surface area (Å²) in [7, 11) is 1.38. The Labute approximate surface area is 260 Å². The van der Waals surface area contributed by atoms with Gasteiger partial charge in [-0.3, -0.25) is 14.4 Å². The molecule has 0 fully saturated rings. The number of ether oxygens (including phenoxy) is 3. The number of aliphatic carboxylic acids is 2. The lowest BCUT2D eigenvalue weighted by molar-refractivity contribution is -0.138. The summed E-state index contributed by atoms with van der Waals surface area (Å²) in [4.78, 5) is 35.5. The van der Waals surface area contributed by atoms with Crippen LogP contribution >= 0.6 is 0 Å². The number of halogens is 1. The van der Waals surface area contributed by atoms with E-state index in [9.17, 15) is 23.9 Å². The maximum Gasteiger partial charge on any atom is 0.303 e. The second-order valence-corrected chi connectivity index (χ2v) is 10.2. The van der Waals surface area contributed by atoms with Gasteiger partial charge >= 0.3 is 11.9 Å². The third-order valence-electron chi connectivity index (χ3n) is 6.96. The molecule has 0 saturated heterocycles. The predicted octanol–water partition coefficient (Wildman–Crippen LogP) is 6.27. The van der Waals surface area contributed by atoms with Gasteiger partial charge in [0.1, 0.15) is 18.1 Å². The van der Waals surface area contributed by atoms with E-state index in [1.807, 2.05) is 30.3 Å². The van der Waals surface area contributed by atoms with Gasteiger partial charge in [-0.25, -0.2) is 4.39 Å². The molecule has 0 saturated carbocycles. The van der Waals surface area contributed by atoms with Crippen LogP contribution in [0.3, 0.4) is 0 Å². The van der Waals surface area contributed by atoms with Crippen LogP contribution in [-0.2, 0) is 29.2 Å². The van der Waals surface area contributed by atoms with Crippen LogP contribution in [-0.4, -0.2) is 41.8 Å². The molecule has 45 heavy (non-hydrogen) atoms. The topological polar surface area (TPSA) is 131 Å². The Morgan fingerprint density at radius 2 is 1.58 bits per heavy atom. The van der Waals surface area contributed by atoms with Crippen LogP contribution < -0.4 is 19.5 Å². The van der Waals surface area contributed by atoms with Crippen LogP contribution in [0.15, 0.2) is 84.9 Å². The summed E-state index contributed by atoms with van der Waals surface area (Å²) in [5.74, 6) is -1.94. The van der Waals surface area contributed by atoms with E-state index >= 15 is 0 Å². The second-order valence-electron chi connectivity index (χ2n) is 10.2. The van der Waals surface area contributed by atoms with Crippen molar-refractivity contribution in [2.45, 2.75) is 38.8 Å². The normalized spacial score (nSPS) is 10.6. The molecule has 4 aromatic carbocycles. The summed E-state index contributed by atoms with van der Waals surface area (Å²) in [6, 6.07) is 24.1. The lowest BCUT2D eigenvalue weighted by atomic mass is 10.0. The minimum absolute atomic E-state index is 0.0206. The number of benzene rings is 4. The van der Waals surface area contributed by atoms with Gasteiger partial charge in [-0.15, -0.1) is 0 Å². The number of hydrogen-bond acceptors (Lipinski definition) is 6. The van der Waals surface area contributed by atoms with E-state index in [-0.39, 0.29) is 44.1 Å². The Hall–Kier alpha value is -5.38. The molecule has 1 amide bonds. The first-order valence-electron chi connectivity index (χ1n) is 14.3. The van der Waals surface area contributed by atoms with E-state index in [2.05, 4.69) is 5.32 Å². The van der Waals surface area contributed by atoms with Crippen molar-refractivity contribution < 1.29 is 43.2 Å². The molecule has 234 valence electrons. The molecule has 0 atom stereocenters. The van der Waals surface area contributed by atoms with Crippen molar-refractivity contribution >= 4 is 17.8 Å². The Balaban J connectivity index is 1.61. The third-order valence-corrected chi connectivity index (χ3v) is 6.96. The number of carbonyl (C=O) groups is 3. The molecule has 0 bridgehead atoms. The average molecular weight is 616 g/mol. The number of hydrogen-bond donors (Lipinski definition) is 3. The number of carboxylic acids is 2. The SMILES string of the molecule is COc1ccc(-c2cc(OCc3cccc(OCCCC(=O)O)c3CCC(=O)O)cc(C(=O)NCc3ccccc3)c2)cc1F. The molecular weight excluding hydrogens is 581 g/mol. The molecule has 3 N–H and O–H groups in total. The van der Waals surface area contributed by atoms with Gasteiger partial charge in [0.25, 0.3) is 5.91 Å². The van der Waals surface area contributed by atoms with Crippen LogP contribution in [0.2, 0.25) is 0 Å². The van der Waals surface area contributed by atoms with Crippen molar-refractivity contribution in [3.05, 3.63) is 113 Å². The van der Waals surface area contributed by atoms with Crippen LogP contribution in [0, 0.1) is 5.82 Å². The lowest BCUT2D eigenvalue weighted by Gasteiger charge is -2.17. The zero-order valence-electron chi connectivity index (χ0n) is 24.8. The molecule has 0 heterocycles. The Kier molecular flexibility index (Phi) is 11.5. The standard InChI is InChI=1S/C35H34FNO8/c1-43-32-14-12-24(20-30(32)36)26-17-27(35(42)37-21-23-7-3-2-4-8-23)19-28(18-26)45-22-25-9-5-10-31(29(25)13-15-34(40)41)44-16-6-11-33(38)39/h2-5,7-10,12,14,17-20H,6,11,13,15-16,21-22H2,1H3,(H,37,42)(H,38,39)(H,40,41). The molecule has 0 aliphatic heterocycles. The van der Waals surface area contributed by atoms with Crippen molar-refractivity contribution in [2.75, 3.05) is 13.7 Å². The highest BCUT2D eigenvalue weighted by Crippen LogP contribution is 2.31. The van der Waals surface area contributed by atoms with Gasteiger partial charge in [0.15, 0.2) is 11.6 Å².